The molecule has 0 aliphatic heterocycles. The Morgan fingerprint density at radius 2 is 1.86 bits per heavy atom. The van der Waals surface area contributed by atoms with Crippen molar-refractivity contribution in [1.29, 1.82) is 5.26 Å². The second-order valence-electron chi connectivity index (χ2n) is 5.01. The van der Waals surface area contributed by atoms with Gasteiger partial charge in [-0.15, -0.1) is 0 Å². The first-order chi connectivity index (χ1) is 10.2. The first kappa shape index (κ1) is 19.2. The summed E-state index contributed by atoms with van der Waals surface area (Å²) in [7, 11) is 1.92. The van der Waals surface area contributed by atoms with Crippen molar-refractivity contribution in [2.24, 2.45) is 0 Å². The van der Waals surface area contributed by atoms with Crippen LogP contribution in [0.4, 0.5) is 0 Å². The summed E-state index contributed by atoms with van der Waals surface area (Å²) >= 11 is 0. The second kappa shape index (κ2) is 13.2. The average Bonchev–Trinajstić information content (AvgIpc) is 2.50. The van der Waals surface area contributed by atoms with Gasteiger partial charge in [0.05, 0.1) is 6.61 Å². The number of carbonyl (C=O) groups excluding carboxylic acids is 1. The fourth-order valence-corrected chi connectivity index (χ4v) is 1.67. The number of rotatable bonds is 11. The molecule has 21 heavy (non-hydrogen) atoms. The molecule has 0 heterocycles. The van der Waals surface area contributed by atoms with Gasteiger partial charge in [-0.05, 0) is 31.7 Å². The van der Waals surface area contributed by atoms with Crippen molar-refractivity contribution in [3.05, 3.63) is 23.9 Å². The zero-order valence-electron chi connectivity index (χ0n) is 13.6. The average molecular weight is 292 g/mol. The van der Waals surface area contributed by atoms with Crippen LogP contribution in [-0.4, -0.2) is 31.1 Å². The summed E-state index contributed by atoms with van der Waals surface area (Å²) in [6, 6.07) is 1.88. The van der Waals surface area contributed by atoms with E-state index in [-0.39, 0.29) is 5.57 Å². The van der Waals surface area contributed by atoms with E-state index in [0.717, 1.165) is 19.4 Å². The Labute approximate surface area is 129 Å². The molecular weight excluding hydrogens is 264 g/mol. The molecule has 4 nitrogen and oxygen atoms in total. The van der Waals surface area contributed by atoms with Gasteiger partial charge in [-0.2, -0.15) is 5.26 Å². The Morgan fingerprint density at radius 1 is 1.19 bits per heavy atom. The molecule has 0 aromatic rings. The van der Waals surface area contributed by atoms with Gasteiger partial charge in [0.25, 0.3) is 0 Å². The van der Waals surface area contributed by atoms with E-state index in [4.69, 9.17) is 10.00 Å². The first-order valence-corrected chi connectivity index (χ1v) is 7.81. The molecule has 0 aliphatic carbocycles. The summed E-state index contributed by atoms with van der Waals surface area (Å²) < 4.78 is 5.11. The van der Waals surface area contributed by atoms with Gasteiger partial charge in [0.1, 0.15) is 11.6 Å². The van der Waals surface area contributed by atoms with E-state index < -0.39 is 5.97 Å². The lowest BCUT2D eigenvalue weighted by atomic mass is 10.1. The smallest absolute Gasteiger partial charge is 0.348 e. The fraction of sp³-hybridized carbons (Fsp3) is 0.647. The summed E-state index contributed by atoms with van der Waals surface area (Å²) in [5.41, 5.74) is 0.0433. The van der Waals surface area contributed by atoms with Crippen molar-refractivity contribution in [3.8, 4) is 6.07 Å². The number of allylic oxidation sites excluding steroid dienone is 2. The van der Waals surface area contributed by atoms with Gasteiger partial charge >= 0.3 is 5.97 Å². The zero-order chi connectivity index (χ0) is 15.9. The maximum atomic E-state index is 11.7. The lowest BCUT2D eigenvalue weighted by Gasteiger charge is -2.08. The zero-order valence-corrected chi connectivity index (χ0v) is 13.6. The van der Waals surface area contributed by atoms with Crippen LogP contribution >= 0.6 is 0 Å². The molecule has 0 rings (SSSR count). The summed E-state index contributed by atoms with van der Waals surface area (Å²) in [5.74, 6) is -0.533. The van der Waals surface area contributed by atoms with Crippen molar-refractivity contribution in [3.63, 3.8) is 0 Å². The van der Waals surface area contributed by atoms with E-state index in [2.05, 4.69) is 6.92 Å². The third-order valence-electron chi connectivity index (χ3n) is 3.17. The molecule has 0 aromatic heterocycles. The van der Waals surface area contributed by atoms with E-state index in [9.17, 15) is 4.79 Å². The number of hydrogen-bond acceptors (Lipinski definition) is 4. The quantitative estimate of drug-likeness (QED) is 0.191. The van der Waals surface area contributed by atoms with E-state index in [1.807, 2.05) is 31.1 Å². The number of carbonyl (C=O) groups is 1. The molecule has 0 radical (unpaired) electrons. The molecule has 0 fully saturated rings. The predicted octanol–water partition coefficient (Wildman–Crippen LogP) is 3.81. The topological polar surface area (TPSA) is 53.3 Å². The normalized spacial score (nSPS) is 11.4. The van der Waals surface area contributed by atoms with Gasteiger partial charge in [0.2, 0.25) is 0 Å². The van der Waals surface area contributed by atoms with Crippen LogP contribution in [0.15, 0.2) is 23.9 Å². The van der Waals surface area contributed by atoms with Crippen molar-refractivity contribution in [2.45, 2.75) is 52.4 Å². The van der Waals surface area contributed by atoms with Crippen molar-refractivity contribution < 1.29 is 9.53 Å². The number of nitrogens with zero attached hydrogens (tertiary/aromatic N) is 2. The number of unbranched alkanes of at least 4 members (excludes halogenated alkanes) is 5. The fourth-order valence-electron chi connectivity index (χ4n) is 1.67. The number of nitriles is 1. The molecule has 0 unspecified atom stereocenters. The summed E-state index contributed by atoms with van der Waals surface area (Å²) in [5, 5.41) is 8.95. The van der Waals surface area contributed by atoms with Crippen LogP contribution in [0.3, 0.4) is 0 Å². The summed E-state index contributed by atoms with van der Waals surface area (Å²) in [6.07, 6.45) is 11.8. The lowest BCUT2D eigenvalue weighted by molar-refractivity contribution is -0.138. The third kappa shape index (κ3) is 10.7. The van der Waals surface area contributed by atoms with Gasteiger partial charge in [0, 0.05) is 13.6 Å². The molecule has 118 valence electrons. The van der Waals surface area contributed by atoms with Gasteiger partial charge in [-0.1, -0.05) is 39.0 Å². The molecule has 0 saturated carbocycles. The highest BCUT2D eigenvalue weighted by atomic mass is 16.5. The van der Waals surface area contributed by atoms with Crippen LogP contribution in [0, 0.1) is 11.3 Å². The number of hydrogen-bond donors (Lipinski definition) is 0. The highest BCUT2D eigenvalue weighted by Crippen LogP contribution is 2.06. The van der Waals surface area contributed by atoms with Crippen LogP contribution < -0.4 is 0 Å². The van der Waals surface area contributed by atoms with Crippen LogP contribution in [0.2, 0.25) is 0 Å². The molecule has 0 bridgehead atoms. The second-order valence-corrected chi connectivity index (χ2v) is 5.01. The van der Waals surface area contributed by atoms with E-state index in [1.165, 1.54) is 31.8 Å². The third-order valence-corrected chi connectivity index (χ3v) is 3.17. The minimum atomic E-state index is -0.533. The van der Waals surface area contributed by atoms with E-state index in [1.54, 1.807) is 6.08 Å². The largest absolute Gasteiger partial charge is 0.462 e. The molecule has 0 aromatic carbocycles. The highest BCUT2D eigenvalue weighted by molar-refractivity contribution is 5.93. The Kier molecular flexibility index (Phi) is 12.1. The number of esters is 1. The Hall–Kier alpha value is -1.76. The molecule has 0 spiro atoms. The predicted molar refractivity (Wildman–Crippen MR) is 85.5 cm³/mol. The summed E-state index contributed by atoms with van der Waals surface area (Å²) in [4.78, 5) is 13.6. The molecule has 0 amide bonds. The molecule has 0 aliphatic rings. The molecule has 0 saturated heterocycles. The molecular formula is C17H28N2O2. The SMILES string of the molecule is CCCCCCCCOC(=O)/C(C#N)=C\C=C\N(C)CC. The Balaban J connectivity index is 3.98. The van der Waals surface area contributed by atoms with Gasteiger partial charge in [-0.25, -0.2) is 4.79 Å². The molecule has 0 atom stereocenters. The van der Waals surface area contributed by atoms with Crippen LogP contribution in [-0.2, 0) is 9.53 Å². The Bertz CT molecular complexity index is 381. The maximum Gasteiger partial charge on any atom is 0.348 e. The summed E-state index contributed by atoms with van der Waals surface area (Å²) in [6.45, 7) is 5.47. The van der Waals surface area contributed by atoms with Crippen LogP contribution in [0.25, 0.3) is 0 Å². The van der Waals surface area contributed by atoms with Crippen molar-refractivity contribution in [1.82, 2.24) is 4.90 Å². The Morgan fingerprint density at radius 3 is 2.48 bits per heavy atom. The van der Waals surface area contributed by atoms with Gasteiger partial charge < -0.3 is 9.64 Å². The van der Waals surface area contributed by atoms with Gasteiger partial charge in [-0.3, -0.25) is 0 Å². The lowest BCUT2D eigenvalue weighted by Crippen LogP contribution is -2.09. The monoisotopic (exact) mass is 292 g/mol. The number of ether oxygens (including phenoxy) is 1. The van der Waals surface area contributed by atoms with Gasteiger partial charge in [0.15, 0.2) is 0 Å². The van der Waals surface area contributed by atoms with E-state index >= 15 is 0 Å². The molecule has 0 N–H and O–H groups in total. The van der Waals surface area contributed by atoms with Crippen molar-refractivity contribution in [2.75, 3.05) is 20.2 Å². The van der Waals surface area contributed by atoms with Crippen LogP contribution in [0.5, 0.6) is 0 Å². The minimum Gasteiger partial charge on any atom is -0.462 e. The minimum absolute atomic E-state index is 0.0433. The molecule has 4 heteroatoms. The highest BCUT2D eigenvalue weighted by Gasteiger charge is 2.08. The van der Waals surface area contributed by atoms with E-state index in [0.29, 0.717) is 6.61 Å². The van der Waals surface area contributed by atoms with Crippen LogP contribution in [0.1, 0.15) is 52.4 Å². The maximum absolute atomic E-state index is 11.7. The van der Waals surface area contributed by atoms with Crippen molar-refractivity contribution >= 4 is 5.97 Å². The first-order valence-electron chi connectivity index (χ1n) is 7.81. The standard InChI is InChI=1S/C17H28N2O2/c1-4-6-7-8-9-10-14-21-17(20)16(15-18)12-11-13-19(3)5-2/h11-13H,4-10,14H2,1-3H3/b13-11+,16-12-.